The van der Waals surface area contributed by atoms with Gasteiger partial charge in [0, 0.05) is 0 Å². The zero-order valence-corrected chi connectivity index (χ0v) is 13.1. The lowest BCUT2D eigenvalue weighted by Crippen LogP contribution is -2.24. The zero-order chi connectivity index (χ0) is 13.3. The van der Waals surface area contributed by atoms with Crippen LogP contribution in [0.25, 0.3) is 0 Å². The minimum atomic E-state index is 0.399. The monoisotopic (exact) mass is 238 g/mol. The van der Waals surface area contributed by atoms with Gasteiger partial charge in [-0.15, -0.1) is 0 Å². The van der Waals surface area contributed by atoms with E-state index < -0.39 is 0 Å². The Hall–Kier alpha value is -0.260. The van der Waals surface area contributed by atoms with Crippen molar-refractivity contribution in [3.05, 3.63) is 12.2 Å². The Morgan fingerprint density at radius 3 is 2.24 bits per heavy atom. The fourth-order valence-electron chi connectivity index (χ4n) is 2.56. The van der Waals surface area contributed by atoms with E-state index >= 15 is 0 Å². The van der Waals surface area contributed by atoms with E-state index in [1.165, 1.54) is 32.1 Å². The Morgan fingerprint density at radius 2 is 1.76 bits per heavy atom. The van der Waals surface area contributed by atoms with Crippen LogP contribution in [0, 0.1) is 17.3 Å². The molecule has 0 aromatic rings. The quantitative estimate of drug-likeness (QED) is 0.418. The fraction of sp³-hybridized carbons (Fsp3) is 0.882. The maximum atomic E-state index is 2.46. The fourth-order valence-corrected chi connectivity index (χ4v) is 2.56. The molecule has 0 N–H and O–H groups in total. The molecule has 0 aliphatic heterocycles. The van der Waals surface area contributed by atoms with Gasteiger partial charge in [0.15, 0.2) is 0 Å². The zero-order valence-electron chi connectivity index (χ0n) is 13.1. The molecule has 0 aliphatic rings. The Morgan fingerprint density at radius 1 is 1.12 bits per heavy atom. The highest BCUT2D eigenvalue weighted by molar-refractivity contribution is 4.99. The smallest absolute Gasteiger partial charge is 0.0123 e. The maximum Gasteiger partial charge on any atom is -0.0123 e. The van der Waals surface area contributed by atoms with Crippen molar-refractivity contribution >= 4 is 0 Å². The van der Waals surface area contributed by atoms with Gasteiger partial charge < -0.3 is 0 Å². The molecule has 0 rings (SSSR count). The van der Waals surface area contributed by atoms with Crippen LogP contribution in [0.4, 0.5) is 0 Å². The Balaban J connectivity index is 4.32. The maximum absolute atomic E-state index is 2.46. The molecule has 0 spiro atoms. The molecule has 0 radical (unpaired) electrons. The summed E-state index contributed by atoms with van der Waals surface area (Å²) in [5.41, 5.74) is 0.399. The van der Waals surface area contributed by atoms with Crippen molar-refractivity contribution in [3.63, 3.8) is 0 Å². The molecule has 0 aromatic heterocycles. The number of hydrogen-bond donors (Lipinski definition) is 0. The lowest BCUT2D eigenvalue weighted by molar-refractivity contribution is 0.218. The van der Waals surface area contributed by atoms with Gasteiger partial charge in [-0.1, -0.05) is 73.0 Å². The van der Waals surface area contributed by atoms with E-state index in [-0.39, 0.29) is 0 Å². The van der Waals surface area contributed by atoms with E-state index in [9.17, 15) is 0 Å². The average Bonchev–Trinajstić information content (AvgIpc) is 2.33. The predicted octanol–water partition coefficient (Wildman–Crippen LogP) is 6.22. The Kier molecular flexibility index (Phi) is 8.64. The second-order valence-corrected chi connectivity index (χ2v) is 6.05. The third kappa shape index (κ3) is 6.29. The summed E-state index contributed by atoms with van der Waals surface area (Å²) in [7, 11) is 0. The lowest BCUT2D eigenvalue weighted by atomic mass is 9.71. The van der Waals surface area contributed by atoms with Crippen molar-refractivity contribution in [2.75, 3.05) is 0 Å². The predicted molar refractivity (Wildman–Crippen MR) is 80.3 cm³/mol. The molecule has 0 heterocycles. The molecule has 17 heavy (non-hydrogen) atoms. The Labute approximate surface area is 110 Å². The first-order valence-corrected chi connectivity index (χ1v) is 7.67. The van der Waals surface area contributed by atoms with Crippen LogP contribution in [0.5, 0.6) is 0 Å². The number of hydrogen-bond acceptors (Lipinski definition) is 0. The summed E-state index contributed by atoms with van der Waals surface area (Å²) in [6.07, 6.45) is 12.7. The molecule has 0 aliphatic carbocycles. The summed E-state index contributed by atoms with van der Waals surface area (Å²) in [6.45, 7) is 14.1. The Bertz CT molecular complexity index is 204. The highest BCUT2D eigenvalue weighted by atomic mass is 14.3. The summed E-state index contributed by atoms with van der Waals surface area (Å²) in [4.78, 5) is 0. The molecule has 0 fully saturated rings. The normalized spacial score (nSPS) is 19.2. The van der Waals surface area contributed by atoms with Gasteiger partial charge in [0.25, 0.3) is 0 Å². The van der Waals surface area contributed by atoms with Crippen LogP contribution in [0.2, 0.25) is 0 Å². The summed E-state index contributed by atoms with van der Waals surface area (Å²) in [6, 6.07) is 0. The standard InChI is InChI=1S/C17H34/c1-7-10-12-15(4)14-16(5)17(6,9-3)13-11-8-2/h11,13,15-16H,7-10,12,14H2,1-6H3. The van der Waals surface area contributed by atoms with Crippen molar-refractivity contribution in [3.8, 4) is 0 Å². The van der Waals surface area contributed by atoms with Gasteiger partial charge in [-0.3, -0.25) is 0 Å². The largest absolute Gasteiger partial charge is 0.0883 e. The van der Waals surface area contributed by atoms with Crippen LogP contribution in [0.1, 0.15) is 80.1 Å². The molecule has 0 aromatic carbocycles. The van der Waals surface area contributed by atoms with E-state index in [0.29, 0.717) is 5.41 Å². The first-order valence-electron chi connectivity index (χ1n) is 7.67. The second kappa shape index (κ2) is 8.78. The van der Waals surface area contributed by atoms with Crippen LogP contribution in [0.3, 0.4) is 0 Å². The van der Waals surface area contributed by atoms with Crippen molar-refractivity contribution < 1.29 is 0 Å². The SMILES string of the molecule is CCC=CC(C)(CC)C(C)CC(C)CCCC. The second-order valence-electron chi connectivity index (χ2n) is 6.05. The van der Waals surface area contributed by atoms with Crippen LogP contribution in [0.15, 0.2) is 12.2 Å². The third-order valence-corrected chi connectivity index (χ3v) is 4.43. The van der Waals surface area contributed by atoms with Gasteiger partial charge in [0.1, 0.15) is 0 Å². The summed E-state index contributed by atoms with van der Waals surface area (Å²) in [5, 5.41) is 0. The molecule has 0 heteroatoms. The molecular formula is C17H34. The summed E-state index contributed by atoms with van der Waals surface area (Å²) in [5.74, 6) is 1.67. The van der Waals surface area contributed by atoms with E-state index in [4.69, 9.17) is 0 Å². The van der Waals surface area contributed by atoms with Crippen LogP contribution in [-0.4, -0.2) is 0 Å². The van der Waals surface area contributed by atoms with Crippen molar-refractivity contribution in [1.29, 1.82) is 0 Å². The number of allylic oxidation sites excluding steroid dienone is 2. The third-order valence-electron chi connectivity index (χ3n) is 4.43. The molecule has 3 atom stereocenters. The van der Waals surface area contributed by atoms with E-state index in [1.807, 2.05) is 0 Å². The van der Waals surface area contributed by atoms with Gasteiger partial charge in [0.05, 0.1) is 0 Å². The van der Waals surface area contributed by atoms with Crippen LogP contribution < -0.4 is 0 Å². The van der Waals surface area contributed by atoms with Crippen LogP contribution >= 0.6 is 0 Å². The number of unbranched alkanes of at least 4 members (excludes halogenated alkanes) is 1. The molecular weight excluding hydrogens is 204 g/mol. The summed E-state index contributed by atoms with van der Waals surface area (Å²) >= 11 is 0. The first kappa shape index (κ1) is 16.7. The van der Waals surface area contributed by atoms with E-state index in [1.54, 1.807) is 0 Å². The summed E-state index contributed by atoms with van der Waals surface area (Å²) < 4.78 is 0. The molecule has 0 saturated carbocycles. The highest BCUT2D eigenvalue weighted by Crippen LogP contribution is 2.37. The van der Waals surface area contributed by atoms with Gasteiger partial charge in [-0.2, -0.15) is 0 Å². The van der Waals surface area contributed by atoms with Gasteiger partial charge in [0.2, 0.25) is 0 Å². The minimum Gasteiger partial charge on any atom is -0.0883 e. The average molecular weight is 238 g/mol. The van der Waals surface area contributed by atoms with E-state index in [2.05, 4.69) is 53.7 Å². The molecule has 0 saturated heterocycles. The molecule has 102 valence electrons. The topological polar surface area (TPSA) is 0 Å². The molecule has 0 bridgehead atoms. The van der Waals surface area contributed by atoms with Crippen LogP contribution in [-0.2, 0) is 0 Å². The van der Waals surface area contributed by atoms with Gasteiger partial charge >= 0.3 is 0 Å². The first-order chi connectivity index (χ1) is 8.00. The van der Waals surface area contributed by atoms with Crippen molar-refractivity contribution in [2.45, 2.75) is 80.1 Å². The molecule has 0 nitrogen and oxygen atoms in total. The van der Waals surface area contributed by atoms with Gasteiger partial charge in [-0.25, -0.2) is 0 Å². The van der Waals surface area contributed by atoms with Crippen molar-refractivity contribution in [2.24, 2.45) is 17.3 Å². The number of rotatable bonds is 9. The van der Waals surface area contributed by atoms with E-state index in [0.717, 1.165) is 18.3 Å². The van der Waals surface area contributed by atoms with Gasteiger partial charge in [-0.05, 0) is 36.5 Å². The van der Waals surface area contributed by atoms with Crippen molar-refractivity contribution in [1.82, 2.24) is 0 Å². The highest BCUT2D eigenvalue weighted by Gasteiger charge is 2.27. The lowest BCUT2D eigenvalue weighted by Gasteiger charge is -2.34. The molecule has 0 amide bonds. The minimum absolute atomic E-state index is 0.399. The molecule has 3 unspecified atom stereocenters.